The van der Waals surface area contributed by atoms with Gasteiger partial charge in [-0.3, -0.25) is 0 Å². The first-order valence-electron chi connectivity index (χ1n) is 3.80. The summed E-state index contributed by atoms with van der Waals surface area (Å²) in [4.78, 5) is 1.24. The molecule has 78 valence electrons. The molecule has 1 aliphatic heterocycles. The van der Waals surface area contributed by atoms with Crippen molar-refractivity contribution in [3.8, 4) is 0 Å². The maximum Gasteiger partial charge on any atom is 0.574 e. The number of nitrogens with zero attached hydrogens (tertiary/aromatic N) is 1. The zero-order valence-corrected chi connectivity index (χ0v) is 7.16. The molecule has 0 unspecified atom stereocenters. The van der Waals surface area contributed by atoms with Gasteiger partial charge in [-0.2, -0.15) is 0 Å². The Kier molecular flexibility index (Phi) is 3.06. The molecule has 0 saturated carbocycles. The summed E-state index contributed by atoms with van der Waals surface area (Å²) >= 11 is 0. The molecule has 1 heterocycles. The van der Waals surface area contributed by atoms with Crippen molar-refractivity contribution in [2.75, 3.05) is 6.54 Å². The van der Waals surface area contributed by atoms with Gasteiger partial charge in [0.25, 0.3) is 0 Å². The number of nitrogens with two attached hydrogens (primary N) is 1. The maximum atomic E-state index is 11.9. The van der Waals surface area contributed by atoms with E-state index in [1.54, 1.807) is 6.08 Å². The molecule has 0 spiro atoms. The molecule has 2 N–H and O–H groups in total. The second-order valence-corrected chi connectivity index (χ2v) is 2.47. The standard InChI is InChI=1S/C8H9F3N2O/c9-8(10,11)14-7-3-1-2-5-13(7)6-4-12/h1-4,6H,5,12H2/b6-4-. The Hall–Kier alpha value is -1.59. The van der Waals surface area contributed by atoms with Gasteiger partial charge in [0, 0.05) is 18.9 Å². The fourth-order valence-electron chi connectivity index (χ4n) is 0.960. The number of alkyl halides is 3. The second-order valence-electron chi connectivity index (χ2n) is 2.47. The highest BCUT2D eigenvalue weighted by Gasteiger charge is 2.33. The van der Waals surface area contributed by atoms with E-state index in [1.165, 1.54) is 23.3 Å². The first-order valence-corrected chi connectivity index (χ1v) is 3.80. The fourth-order valence-corrected chi connectivity index (χ4v) is 0.960. The predicted octanol–water partition coefficient (Wildman–Crippen LogP) is 1.67. The second kappa shape index (κ2) is 4.08. The third kappa shape index (κ3) is 3.04. The van der Waals surface area contributed by atoms with Gasteiger partial charge in [-0.25, -0.2) is 0 Å². The van der Waals surface area contributed by atoms with E-state index < -0.39 is 6.36 Å². The molecule has 0 aromatic heterocycles. The van der Waals surface area contributed by atoms with Gasteiger partial charge in [-0.1, -0.05) is 12.2 Å². The zero-order valence-electron chi connectivity index (χ0n) is 7.16. The van der Waals surface area contributed by atoms with Crippen molar-refractivity contribution in [2.24, 2.45) is 5.73 Å². The van der Waals surface area contributed by atoms with Crippen LogP contribution in [0.4, 0.5) is 13.2 Å². The van der Waals surface area contributed by atoms with E-state index in [-0.39, 0.29) is 5.88 Å². The van der Waals surface area contributed by atoms with E-state index in [1.807, 2.05) is 0 Å². The van der Waals surface area contributed by atoms with Crippen LogP contribution in [0.2, 0.25) is 0 Å². The summed E-state index contributed by atoms with van der Waals surface area (Å²) in [5.41, 5.74) is 5.07. The lowest BCUT2D eigenvalue weighted by molar-refractivity contribution is -0.312. The summed E-state index contributed by atoms with van der Waals surface area (Å²) in [7, 11) is 0. The van der Waals surface area contributed by atoms with Crippen LogP contribution in [0.15, 0.2) is 36.5 Å². The van der Waals surface area contributed by atoms with E-state index in [2.05, 4.69) is 4.74 Å². The van der Waals surface area contributed by atoms with Crippen LogP contribution >= 0.6 is 0 Å². The first-order chi connectivity index (χ1) is 6.53. The molecule has 0 aliphatic carbocycles. The molecule has 0 saturated heterocycles. The molecule has 3 nitrogen and oxygen atoms in total. The molecule has 6 heteroatoms. The van der Waals surface area contributed by atoms with Crippen LogP contribution in [0.3, 0.4) is 0 Å². The topological polar surface area (TPSA) is 38.5 Å². The number of allylic oxidation sites excluding steroid dienone is 2. The average Bonchev–Trinajstić information content (AvgIpc) is 2.06. The van der Waals surface area contributed by atoms with Gasteiger partial charge >= 0.3 is 6.36 Å². The monoisotopic (exact) mass is 206 g/mol. The van der Waals surface area contributed by atoms with Crippen LogP contribution in [0.25, 0.3) is 0 Å². The van der Waals surface area contributed by atoms with E-state index in [9.17, 15) is 13.2 Å². The average molecular weight is 206 g/mol. The van der Waals surface area contributed by atoms with Crippen LogP contribution < -0.4 is 5.73 Å². The Balaban J connectivity index is 2.72. The number of hydrogen-bond acceptors (Lipinski definition) is 3. The maximum absolute atomic E-state index is 11.9. The summed E-state index contributed by atoms with van der Waals surface area (Å²) in [5, 5.41) is 0. The van der Waals surface area contributed by atoms with Crippen LogP contribution in [-0.4, -0.2) is 17.8 Å². The highest BCUT2D eigenvalue weighted by atomic mass is 19.4. The summed E-state index contributed by atoms with van der Waals surface area (Å²) in [6, 6.07) is 0. The van der Waals surface area contributed by atoms with Gasteiger partial charge in [0.1, 0.15) is 0 Å². The molecule has 0 fully saturated rings. The third-order valence-electron chi connectivity index (χ3n) is 1.45. The minimum absolute atomic E-state index is 0.290. The van der Waals surface area contributed by atoms with Crippen molar-refractivity contribution in [3.63, 3.8) is 0 Å². The fraction of sp³-hybridized carbons (Fsp3) is 0.250. The van der Waals surface area contributed by atoms with Crippen LogP contribution in [0, 0.1) is 0 Å². The lowest BCUT2D eigenvalue weighted by Gasteiger charge is -2.24. The summed E-state index contributed by atoms with van der Waals surface area (Å²) in [6.45, 7) is 0.301. The molecule has 1 rings (SSSR count). The largest absolute Gasteiger partial charge is 0.574 e. The molecule has 0 aromatic rings. The lowest BCUT2D eigenvalue weighted by atomic mass is 10.3. The van der Waals surface area contributed by atoms with Gasteiger partial charge in [0.2, 0.25) is 5.88 Å². The van der Waals surface area contributed by atoms with E-state index in [0.717, 1.165) is 6.20 Å². The van der Waals surface area contributed by atoms with Crippen molar-refractivity contribution in [1.29, 1.82) is 0 Å². The van der Waals surface area contributed by atoms with Crippen LogP contribution in [-0.2, 0) is 4.74 Å². The van der Waals surface area contributed by atoms with Crippen LogP contribution in [0.5, 0.6) is 0 Å². The SMILES string of the molecule is N/C=C\N1CC=CC=C1OC(F)(F)F. The van der Waals surface area contributed by atoms with E-state index in [4.69, 9.17) is 5.73 Å². The molecule has 14 heavy (non-hydrogen) atoms. The van der Waals surface area contributed by atoms with Gasteiger partial charge in [-0.15, -0.1) is 13.2 Å². The normalized spacial score (nSPS) is 17.4. The van der Waals surface area contributed by atoms with Gasteiger partial charge in [-0.05, 0) is 6.08 Å². The summed E-state index contributed by atoms with van der Waals surface area (Å²) in [6.07, 6.45) is 2.16. The predicted molar refractivity (Wildman–Crippen MR) is 44.4 cm³/mol. The third-order valence-corrected chi connectivity index (χ3v) is 1.45. The number of rotatable bonds is 2. The number of hydrogen-bond donors (Lipinski definition) is 1. The van der Waals surface area contributed by atoms with Crippen molar-refractivity contribution >= 4 is 0 Å². The Labute approximate surface area is 78.9 Å². The van der Waals surface area contributed by atoms with Gasteiger partial charge in [0.05, 0.1) is 0 Å². The number of ether oxygens (including phenoxy) is 1. The molecule has 0 aromatic carbocycles. The van der Waals surface area contributed by atoms with Gasteiger partial charge in [0.15, 0.2) is 0 Å². The van der Waals surface area contributed by atoms with Crippen molar-refractivity contribution in [3.05, 3.63) is 36.5 Å². The highest BCUT2D eigenvalue weighted by molar-refractivity contribution is 5.15. The minimum atomic E-state index is -4.68. The quantitative estimate of drug-likeness (QED) is 0.746. The van der Waals surface area contributed by atoms with E-state index in [0.29, 0.717) is 6.54 Å². The molecular weight excluding hydrogens is 197 g/mol. The van der Waals surface area contributed by atoms with E-state index >= 15 is 0 Å². The Morgan fingerprint density at radius 3 is 2.79 bits per heavy atom. The first kappa shape index (κ1) is 10.5. The molecule has 1 aliphatic rings. The molecular formula is C8H9F3N2O. The van der Waals surface area contributed by atoms with Crippen molar-refractivity contribution < 1.29 is 17.9 Å². The zero-order chi connectivity index (χ0) is 10.6. The Morgan fingerprint density at radius 2 is 2.21 bits per heavy atom. The number of halogens is 3. The Bertz CT molecular complexity index is 281. The summed E-state index contributed by atoms with van der Waals surface area (Å²) in [5.74, 6) is -0.290. The van der Waals surface area contributed by atoms with Crippen molar-refractivity contribution in [2.45, 2.75) is 6.36 Å². The minimum Gasteiger partial charge on any atom is -0.403 e. The summed E-state index contributed by atoms with van der Waals surface area (Å²) < 4.78 is 39.4. The lowest BCUT2D eigenvalue weighted by Crippen LogP contribution is -2.26. The Morgan fingerprint density at radius 1 is 1.50 bits per heavy atom. The highest BCUT2D eigenvalue weighted by Crippen LogP contribution is 2.24. The molecule has 0 radical (unpaired) electrons. The molecule has 0 amide bonds. The van der Waals surface area contributed by atoms with Crippen LogP contribution in [0.1, 0.15) is 0 Å². The van der Waals surface area contributed by atoms with Crippen molar-refractivity contribution in [1.82, 2.24) is 4.90 Å². The smallest absolute Gasteiger partial charge is 0.403 e. The van der Waals surface area contributed by atoms with Gasteiger partial charge < -0.3 is 15.4 Å². The molecule has 0 atom stereocenters. The molecule has 0 bridgehead atoms.